The van der Waals surface area contributed by atoms with E-state index in [0.717, 1.165) is 24.2 Å². The van der Waals surface area contributed by atoms with Gasteiger partial charge in [0.2, 0.25) is 0 Å². The van der Waals surface area contributed by atoms with Gasteiger partial charge in [-0.1, -0.05) is 36.4 Å². The van der Waals surface area contributed by atoms with Gasteiger partial charge in [0, 0.05) is 37.7 Å². The van der Waals surface area contributed by atoms with Gasteiger partial charge in [-0.15, -0.1) is 0 Å². The summed E-state index contributed by atoms with van der Waals surface area (Å²) in [6, 6.07) is 18.5. The second kappa shape index (κ2) is 8.45. The molecule has 1 aliphatic rings. The Morgan fingerprint density at radius 3 is 2.62 bits per heavy atom. The summed E-state index contributed by atoms with van der Waals surface area (Å²) < 4.78 is 0. The van der Waals surface area contributed by atoms with Crippen LogP contribution in [-0.2, 0) is 13.0 Å². The standard InChI is InChI=1S/C24H26N4O/c1-27(2)12-13-28(17-18-6-5-11-25-16-18)24(29)26-21-9-10-23-20(15-21)14-19-7-3-4-8-22(19)23/h3-11,15-16H,12-14,17H2,1-2H3,(H,26,29). The second-order valence-electron chi connectivity index (χ2n) is 7.72. The number of aromatic nitrogens is 1. The number of urea groups is 1. The molecule has 2 amide bonds. The second-order valence-corrected chi connectivity index (χ2v) is 7.72. The van der Waals surface area contributed by atoms with E-state index in [1.54, 1.807) is 6.20 Å². The predicted molar refractivity (Wildman–Crippen MR) is 117 cm³/mol. The molecular formula is C24H26N4O. The SMILES string of the molecule is CN(C)CCN(Cc1cccnc1)C(=O)Nc1ccc2c(c1)Cc1ccccc1-2. The van der Waals surface area contributed by atoms with E-state index >= 15 is 0 Å². The molecule has 5 nitrogen and oxygen atoms in total. The lowest BCUT2D eigenvalue weighted by Crippen LogP contribution is -2.39. The minimum Gasteiger partial charge on any atom is -0.319 e. The molecule has 0 aliphatic heterocycles. The quantitative estimate of drug-likeness (QED) is 0.539. The Morgan fingerprint density at radius 2 is 1.83 bits per heavy atom. The van der Waals surface area contributed by atoms with Gasteiger partial charge < -0.3 is 15.1 Å². The fourth-order valence-corrected chi connectivity index (χ4v) is 3.71. The molecule has 3 aromatic rings. The van der Waals surface area contributed by atoms with E-state index in [4.69, 9.17) is 0 Å². The molecule has 1 aliphatic carbocycles. The highest BCUT2D eigenvalue weighted by Gasteiger charge is 2.19. The molecule has 0 spiro atoms. The Bertz CT molecular complexity index is 1000. The molecular weight excluding hydrogens is 360 g/mol. The summed E-state index contributed by atoms with van der Waals surface area (Å²) in [5.74, 6) is 0. The van der Waals surface area contributed by atoms with E-state index in [1.165, 1.54) is 22.3 Å². The molecule has 5 heteroatoms. The molecule has 1 aromatic heterocycles. The number of hydrogen-bond donors (Lipinski definition) is 1. The van der Waals surface area contributed by atoms with Crippen LogP contribution in [0.3, 0.4) is 0 Å². The van der Waals surface area contributed by atoms with Crippen LogP contribution in [0.25, 0.3) is 11.1 Å². The third-order valence-electron chi connectivity index (χ3n) is 5.25. The van der Waals surface area contributed by atoms with Gasteiger partial charge in [0.1, 0.15) is 0 Å². The molecule has 1 N–H and O–H groups in total. The maximum absolute atomic E-state index is 13.0. The summed E-state index contributed by atoms with van der Waals surface area (Å²) in [4.78, 5) is 21.1. The van der Waals surface area contributed by atoms with Crippen LogP contribution >= 0.6 is 0 Å². The monoisotopic (exact) mass is 386 g/mol. The molecule has 0 radical (unpaired) electrons. The number of carbonyl (C=O) groups is 1. The number of fused-ring (bicyclic) bond motifs is 3. The lowest BCUT2D eigenvalue weighted by Gasteiger charge is -2.25. The van der Waals surface area contributed by atoms with Gasteiger partial charge in [0.25, 0.3) is 0 Å². The van der Waals surface area contributed by atoms with Crippen LogP contribution in [0.5, 0.6) is 0 Å². The van der Waals surface area contributed by atoms with Crippen molar-refractivity contribution in [3.8, 4) is 11.1 Å². The van der Waals surface area contributed by atoms with Crippen LogP contribution in [0.15, 0.2) is 67.0 Å². The number of carbonyl (C=O) groups excluding carboxylic acids is 1. The highest BCUT2D eigenvalue weighted by atomic mass is 16.2. The van der Waals surface area contributed by atoms with Crippen molar-refractivity contribution in [2.75, 3.05) is 32.5 Å². The summed E-state index contributed by atoms with van der Waals surface area (Å²) in [5.41, 5.74) is 7.02. The molecule has 1 heterocycles. The van der Waals surface area contributed by atoms with E-state index in [9.17, 15) is 4.79 Å². The highest BCUT2D eigenvalue weighted by Crippen LogP contribution is 2.37. The first-order valence-electron chi connectivity index (χ1n) is 9.91. The summed E-state index contributed by atoms with van der Waals surface area (Å²) in [6.07, 6.45) is 4.47. The van der Waals surface area contributed by atoms with E-state index in [-0.39, 0.29) is 6.03 Å². The maximum Gasteiger partial charge on any atom is 0.322 e. The van der Waals surface area contributed by atoms with Crippen LogP contribution in [0, 0.1) is 0 Å². The normalized spacial score (nSPS) is 11.8. The minimum absolute atomic E-state index is 0.0915. The third kappa shape index (κ3) is 4.46. The number of amides is 2. The maximum atomic E-state index is 13.0. The number of nitrogens with zero attached hydrogens (tertiary/aromatic N) is 3. The van der Waals surface area contributed by atoms with Gasteiger partial charge in [-0.2, -0.15) is 0 Å². The van der Waals surface area contributed by atoms with E-state index in [2.05, 4.69) is 51.6 Å². The zero-order valence-electron chi connectivity index (χ0n) is 16.9. The van der Waals surface area contributed by atoms with Crippen molar-refractivity contribution < 1.29 is 4.79 Å². The van der Waals surface area contributed by atoms with Crippen LogP contribution in [0.4, 0.5) is 10.5 Å². The predicted octanol–water partition coefficient (Wildman–Crippen LogP) is 4.25. The molecule has 2 aromatic carbocycles. The summed E-state index contributed by atoms with van der Waals surface area (Å²) in [6.45, 7) is 1.97. The molecule has 4 rings (SSSR count). The molecule has 0 unspecified atom stereocenters. The van der Waals surface area contributed by atoms with E-state index < -0.39 is 0 Å². The van der Waals surface area contributed by atoms with Crippen LogP contribution in [0.2, 0.25) is 0 Å². The van der Waals surface area contributed by atoms with Gasteiger partial charge in [0.15, 0.2) is 0 Å². The van der Waals surface area contributed by atoms with Gasteiger partial charge in [-0.25, -0.2) is 4.79 Å². The van der Waals surface area contributed by atoms with Crippen molar-refractivity contribution in [2.24, 2.45) is 0 Å². The number of hydrogen-bond acceptors (Lipinski definition) is 3. The summed E-state index contributed by atoms with van der Waals surface area (Å²) >= 11 is 0. The van der Waals surface area contributed by atoms with E-state index in [1.807, 2.05) is 43.4 Å². The van der Waals surface area contributed by atoms with Gasteiger partial charge in [0.05, 0.1) is 0 Å². The third-order valence-corrected chi connectivity index (χ3v) is 5.25. The minimum atomic E-state index is -0.0915. The zero-order chi connectivity index (χ0) is 20.2. The lowest BCUT2D eigenvalue weighted by atomic mass is 10.1. The lowest BCUT2D eigenvalue weighted by molar-refractivity contribution is 0.202. The highest BCUT2D eigenvalue weighted by molar-refractivity contribution is 5.90. The molecule has 0 saturated heterocycles. The molecule has 0 fully saturated rings. The Morgan fingerprint density at radius 1 is 1.00 bits per heavy atom. The van der Waals surface area contributed by atoms with Gasteiger partial charge in [-0.05, 0) is 66.5 Å². The summed E-state index contributed by atoms with van der Waals surface area (Å²) in [7, 11) is 4.02. The summed E-state index contributed by atoms with van der Waals surface area (Å²) in [5, 5.41) is 3.09. The first kappa shape index (κ1) is 19.2. The van der Waals surface area contributed by atoms with Crippen molar-refractivity contribution >= 4 is 11.7 Å². The average Bonchev–Trinajstić information content (AvgIpc) is 3.09. The molecule has 0 saturated carbocycles. The van der Waals surface area contributed by atoms with Crippen molar-refractivity contribution in [1.82, 2.24) is 14.8 Å². The molecule has 0 atom stereocenters. The number of nitrogens with one attached hydrogen (secondary N) is 1. The van der Waals surface area contributed by atoms with Crippen LogP contribution in [0.1, 0.15) is 16.7 Å². The fraction of sp³-hybridized carbons (Fsp3) is 0.250. The first-order chi connectivity index (χ1) is 14.1. The fourth-order valence-electron chi connectivity index (χ4n) is 3.71. The number of rotatable bonds is 6. The van der Waals surface area contributed by atoms with Crippen LogP contribution < -0.4 is 5.32 Å². The molecule has 0 bridgehead atoms. The van der Waals surface area contributed by atoms with Crippen molar-refractivity contribution in [2.45, 2.75) is 13.0 Å². The Kier molecular flexibility index (Phi) is 5.58. The number of anilines is 1. The smallest absolute Gasteiger partial charge is 0.319 e. The Balaban J connectivity index is 1.49. The Labute approximate surface area is 172 Å². The van der Waals surface area contributed by atoms with Crippen molar-refractivity contribution in [3.63, 3.8) is 0 Å². The van der Waals surface area contributed by atoms with Gasteiger partial charge in [-0.3, -0.25) is 4.98 Å². The molecule has 148 valence electrons. The van der Waals surface area contributed by atoms with Crippen molar-refractivity contribution in [1.29, 1.82) is 0 Å². The number of likely N-dealkylation sites (N-methyl/N-ethyl adjacent to an activating group) is 1. The average molecular weight is 386 g/mol. The largest absolute Gasteiger partial charge is 0.322 e. The van der Waals surface area contributed by atoms with Crippen molar-refractivity contribution in [3.05, 3.63) is 83.7 Å². The van der Waals surface area contributed by atoms with Crippen LogP contribution in [-0.4, -0.2) is 48.0 Å². The first-order valence-corrected chi connectivity index (χ1v) is 9.91. The van der Waals surface area contributed by atoms with E-state index in [0.29, 0.717) is 13.1 Å². The topological polar surface area (TPSA) is 48.5 Å². The number of pyridine rings is 1. The molecule has 29 heavy (non-hydrogen) atoms. The Hall–Kier alpha value is -3.18. The van der Waals surface area contributed by atoms with Gasteiger partial charge >= 0.3 is 6.03 Å². The number of benzene rings is 2. The zero-order valence-corrected chi connectivity index (χ0v) is 16.9.